The van der Waals surface area contributed by atoms with E-state index >= 15 is 0 Å². The van der Waals surface area contributed by atoms with E-state index in [0.717, 1.165) is 32.2 Å². The van der Waals surface area contributed by atoms with Gasteiger partial charge in [-0.2, -0.15) is 0 Å². The average molecular weight is 369 g/mol. The van der Waals surface area contributed by atoms with Crippen molar-refractivity contribution in [1.29, 1.82) is 0 Å². The molecule has 2 rings (SSSR count). The van der Waals surface area contributed by atoms with Crippen LogP contribution in [0.15, 0.2) is 28.9 Å². The maximum absolute atomic E-state index is 5.97. The summed E-state index contributed by atoms with van der Waals surface area (Å²) in [7, 11) is 0. The molecule has 1 aromatic carbocycles. The van der Waals surface area contributed by atoms with E-state index < -0.39 is 0 Å². The molecule has 0 bridgehead atoms. The summed E-state index contributed by atoms with van der Waals surface area (Å²) < 4.78 is 7.03. The predicted octanol–water partition coefficient (Wildman–Crippen LogP) is 4.68. The van der Waals surface area contributed by atoms with E-state index in [2.05, 4.69) is 53.1 Å². The summed E-state index contributed by atoms with van der Waals surface area (Å²) in [6.07, 6.45) is 1.88. The van der Waals surface area contributed by atoms with Crippen molar-refractivity contribution in [2.75, 3.05) is 0 Å². The van der Waals surface area contributed by atoms with Crippen LogP contribution in [0, 0.1) is 6.92 Å². The molecule has 1 N–H and O–H groups in total. The van der Waals surface area contributed by atoms with Crippen molar-refractivity contribution in [3.05, 3.63) is 44.3 Å². The number of halogens is 1. The Hall–Kier alpha value is -0.910. The molecule has 0 aliphatic carbocycles. The number of benzene rings is 1. The second-order valence-corrected chi connectivity index (χ2v) is 8.22. The van der Waals surface area contributed by atoms with Gasteiger partial charge < -0.3 is 10.1 Å². The van der Waals surface area contributed by atoms with Crippen LogP contribution >= 0.6 is 27.3 Å². The topological polar surface area (TPSA) is 34.1 Å². The van der Waals surface area contributed by atoms with Crippen LogP contribution in [0.3, 0.4) is 0 Å². The standard InChI is InChI=1S/C16H21BrN2OS/c1-11-18-9-14(21-11)10-20-15-6-5-13(17)7-12(15)8-19-16(2,3)4/h5-7,9,19H,8,10H2,1-4H3. The molecule has 5 heteroatoms. The predicted molar refractivity (Wildman–Crippen MR) is 91.9 cm³/mol. The van der Waals surface area contributed by atoms with Gasteiger partial charge in [-0.3, -0.25) is 0 Å². The van der Waals surface area contributed by atoms with E-state index in [1.165, 1.54) is 0 Å². The lowest BCUT2D eigenvalue weighted by atomic mass is 10.1. The number of nitrogens with zero attached hydrogens (tertiary/aromatic N) is 1. The monoisotopic (exact) mass is 368 g/mol. The zero-order valence-corrected chi connectivity index (χ0v) is 15.3. The second-order valence-electron chi connectivity index (χ2n) is 5.99. The molecule has 0 saturated carbocycles. The highest BCUT2D eigenvalue weighted by atomic mass is 79.9. The van der Waals surface area contributed by atoms with Crippen molar-refractivity contribution in [2.45, 2.75) is 46.4 Å². The Morgan fingerprint density at radius 3 is 2.71 bits per heavy atom. The van der Waals surface area contributed by atoms with E-state index in [0.29, 0.717) is 6.61 Å². The summed E-state index contributed by atoms with van der Waals surface area (Å²) >= 11 is 5.20. The molecule has 114 valence electrons. The smallest absolute Gasteiger partial charge is 0.124 e. The number of nitrogens with one attached hydrogen (secondary N) is 1. The number of rotatable bonds is 5. The van der Waals surface area contributed by atoms with Gasteiger partial charge in [0.2, 0.25) is 0 Å². The first-order valence-corrected chi connectivity index (χ1v) is 8.52. The third kappa shape index (κ3) is 5.41. The Balaban J connectivity index is 2.07. The third-order valence-electron chi connectivity index (χ3n) is 2.87. The van der Waals surface area contributed by atoms with Gasteiger partial charge in [-0.05, 0) is 45.9 Å². The molecule has 21 heavy (non-hydrogen) atoms. The lowest BCUT2D eigenvalue weighted by Crippen LogP contribution is -2.35. The van der Waals surface area contributed by atoms with Crippen molar-refractivity contribution in [2.24, 2.45) is 0 Å². The highest BCUT2D eigenvalue weighted by Gasteiger charge is 2.12. The Labute approximate surface area is 138 Å². The molecule has 0 atom stereocenters. The minimum atomic E-state index is 0.0777. The highest BCUT2D eigenvalue weighted by Crippen LogP contribution is 2.25. The third-order valence-corrected chi connectivity index (χ3v) is 4.25. The van der Waals surface area contributed by atoms with Gasteiger partial charge in [0.1, 0.15) is 12.4 Å². The molecule has 0 spiro atoms. The summed E-state index contributed by atoms with van der Waals surface area (Å²) in [6, 6.07) is 6.12. The fourth-order valence-electron chi connectivity index (χ4n) is 1.81. The van der Waals surface area contributed by atoms with Gasteiger partial charge in [-0.15, -0.1) is 11.3 Å². The van der Waals surface area contributed by atoms with Crippen LogP contribution < -0.4 is 10.1 Å². The largest absolute Gasteiger partial charge is 0.488 e. The Kier molecular flexibility index (Phi) is 5.41. The molecule has 1 aromatic heterocycles. The molecule has 0 aliphatic rings. The van der Waals surface area contributed by atoms with Crippen molar-refractivity contribution in [1.82, 2.24) is 10.3 Å². The van der Waals surface area contributed by atoms with Crippen LogP contribution in [0.25, 0.3) is 0 Å². The van der Waals surface area contributed by atoms with Gasteiger partial charge in [0.15, 0.2) is 0 Å². The summed E-state index contributed by atoms with van der Waals surface area (Å²) in [5, 5.41) is 4.57. The van der Waals surface area contributed by atoms with Crippen LogP contribution in [0.4, 0.5) is 0 Å². The SMILES string of the molecule is Cc1ncc(COc2ccc(Br)cc2CNC(C)(C)C)s1. The summed E-state index contributed by atoms with van der Waals surface area (Å²) in [5.41, 5.74) is 1.23. The maximum atomic E-state index is 5.97. The number of hydrogen-bond acceptors (Lipinski definition) is 4. The van der Waals surface area contributed by atoms with Crippen molar-refractivity contribution in [3.63, 3.8) is 0 Å². The second kappa shape index (κ2) is 6.90. The average Bonchev–Trinajstić information content (AvgIpc) is 2.80. The Morgan fingerprint density at radius 1 is 1.33 bits per heavy atom. The van der Waals surface area contributed by atoms with Crippen LogP contribution in [0.2, 0.25) is 0 Å². The summed E-state index contributed by atoms with van der Waals surface area (Å²) in [4.78, 5) is 5.40. The van der Waals surface area contributed by atoms with E-state index in [9.17, 15) is 0 Å². The van der Waals surface area contributed by atoms with Gasteiger partial charge in [0.25, 0.3) is 0 Å². The lowest BCUT2D eigenvalue weighted by molar-refractivity contribution is 0.303. The minimum Gasteiger partial charge on any atom is -0.488 e. The first-order chi connectivity index (χ1) is 9.83. The number of thiazole rings is 1. The molecule has 0 radical (unpaired) electrons. The molecular weight excluding hydrogens is 348 g/mol. The molecule has 0 aliphatic heterocycles. The van der Waals surface area contributed by atoms with Gasteiger partial charge in [0, 0.05) is 28.3 Å². The summed E-state index contributed by atoms with van der Waals surface area (Å²) in [6.45, 7) is 9.82. The molecule has 0 amide bonds. The van der Waals surface area contributed by atoms with Crippen molar-refractivity contribution < 1.29 is 4.74 Å². The molecule has 0 unspecified atom stereocenters. The maximum Gasteiger partial charge on any atom is 0.124 e. The van der Waals surface area contributed by atoms with Crippen molar-refractivity contribution in [3.8, 4) is 5.75 Å². The minimum absolute atomic E-state index is 0.0777. The van der Waals surface area contributed by atoms with E-state index in [-0.39, 0.29) is 5.54 Å². The first kappa shape index (κ1) is 16.5. The van der Waals surface area contributed by atoms with Crippen LogP contribution in [-0.4, -0.2) is 10.5 Å². The summed E-state index contributed by atoms with van der Waals surface area (Å²) in [5.74, 6) is 0.918. The van der Waals surface area contributed by atoms with Crippen LogP contribution in [0.1, 0.15) is 36.2 Å². The lowest BCUT2D eigenvalue weighted by Gasteiger charge is -2.21. The Bertz CT molecular complexity index is 605. The molecule has 1 heterocycles. The molecule has 3 nitrogen and oxygen atoms in total. The number of hydrogen-bond donors (Lipinski definition) is 1. The highest BCUT2D eigenvalue weighted by molar-refractivity contribution is 9.10. The number of ether oxygens (including phenoxy) is 1. The zero-order chi connectivity index (χ0) is 15.5. The molecule has 0 fully saturated rings. The van der Waals surface area contributed by atoms with Gasteiger partial charge >= 0.3 is 0 Å². The van der Waals surface area contributed by atoms with E-state index in [4.69, 9.17) is 4.74 Å². The van der Waals surface area contributed by atoms with Crippen LogP contribution in [0.5, 0.6) is 5.75 Å². The van der Waals surface area contributed by atoms with Crippen molar-refractivity contribution >= 4 is 27.3 Å². The molecule has 2 aromatic rings. The fraction of sp³-hybridized carbons (Fsp3) is 0.438. The molecule has 0 saturated heterocycles. The Morgan fingerprint density at radius 2 is 2.10 bits per heavy atom. The quantitative estimate of drug-likeness (QED) is 0.831. The number of aryl methyl sites for hydroxylation is 1. The van der Waals surface area contributed by atoms with E-state index in [1.54, 1.807) is 11.3 Å². The molecular formula is C16H21BrN2OS. The van der Waals surface area contributed by atoms with Gasteiger partial charge in [0.05, 0.1) is 9.88 Å². The van der Waals surface area contributed by atoms with Crippen LogP contribution in [-0.2, 0) is 13.2 Å². The normalized spacial score (nSPS) is 11.7. The fourth-order valence-corrected chi connectivity index (χ4v) is 2.92. The van der Waals surface area contributed by atoms with E-state index in [1.807, 2.05) is 25.3 Å². The number of aromatic nitrogens is 1. The zero-order valence-electron chi connectivity index (χ0n) is 12.9. The van der Waals surface area contributed by atoms with Gasteiger partial charge in [-0.1, -0.05) is 15.9 Å². The first-order valence-electron chi connectivity index (χ1n) is 6.91. The van der Waals surface area contributed by atoms with Gasteiger partial charge in [-0.25, -0.2) is 4.98 Å².